The normalized spacial score (nSPS) is 11.5. The highest BCUT2D eigenvalue weighted by molar-refractivity contribution is 5.82. The van der Waals surface area contributed by atoms with Gasteiger partial charge in [0, 0.05) is 13.1 Å². The first-order valence-electron chi connectivity index (χ1n) is 5.70. The first kappa shape index (κ1) is 16.7. The molecule has 0 aliphatic carbocycles. The molecule has 0 heterocycles. The van der Waals surface area contributed by atoms with Crippen molar-refractivity contribution in [1.29, 1.82) is 0 Å². The van der Waals surface area contributed by atoms with Crippen molar-refractivity contribution in [2.75, 3.05) is 19.7 Å². The number of carbonyl (C=O) groups is 2. The lowest BCUT2D eigenvalue weighted by Crippen LogP contribution is -2.44. The first-order chi connectivity index (χ1) is 8.18. The highest BCUT2D eigenvalue weighted by atomic mass is 19.4. The summed E-state index contributed by atoms with van der Waals surface area (Å²) >= 11 is 0. The maximum Gasteiger partial charge on any atom is 0.471 e. The van der Waals surface area contributed by atoms with Gasteiger partial charge in [0.2, 0.25) is 0 Å². The van der Waals surface area contributed by atoms with Crippen molar-refractivity contribution >= 4 is 11.9 Å². The van der Waals surface area contributed by atoms with Crippen LogP contribution in [0.15, 0.2) is 0 Å². The van der Waals surface area contributed by atoms with Crippen molar-refractivity contribution < 1.29 is 27.5 Å². The molecule has 0 saturated heterocycles. The van der Waals surface area contributed by atoms with Crippen molar-refractivity contribution in [3.05, 3.63) is 0 Å². The molecular weight excluding hydrogens is 251 g/mol. The van der Waals surface area contributed by atoms with E-state index in [1.165, 1.54) is 0 Å². The summed E-state index contributed by atoms with van der Waals surface area (Å²) in [5.41, 5.74) is 0. The van der Waals surface area contributed by atoms with Gasteiger partial charge < -0.3 is 9.64 Å². The zero-order valence-corrected chi connectivity index (χ0v) is 10.7. The van der Waals surface area contributed by atoms with Crippen LogP contribution in [0.4, 0.5) is 13.2 Å². The second-order valence-electron chi connectivity index (χ2n) is 4.20. The third kappa shape index (κ3) is 6.46. The van der Waals surface area contributed by atoms with Crippen LogP contribution in [0.5, 0.6) is 0 Å². The Labute approximate surface area is 104 Å². The van der Waals surface area contributed by atoms with Crippen molar-refractivity contribution in [3.8, 4) is 0 Å². The van der Waals surface area contributed by atoms with E-state index in [1.54, 1.807) is 20.8 Å². The highest BCUT2D eigenvalue weighted by Gasteiger charge is 2.42. The molecule has 0 radical (unpaired) electrons. The summed E-state index contributed by atoms with van der Waals surface area (Å²) < 4.78 is 41.5. The quantitative estimate of drug-likeness (QED) is 0.693. The molecule has 0 aliphatic rings. The van der Waals surface area contributed by atoms with Gasteiger partial charge >= 0.3 is 18.1 Å². The number of halogens is 3. The molecule has 7 heteroatoms. The monoisotopic (exact) mass is 269 g/mol. The smallest absolute Gasteiger partial charge is 0.466 e. The van der Waals surface area contributed by atoms with Gasteiger partial charge in [0.15, 0.2) is 0 Å². The average molecular weight is 269 g/mol. The Bertz CT molecular complexity index is 290. The molecule has 0 rings (SSSR count). The second-order valence-corrected chi connectivity index (χ2v) is 4.20. The molecule has 0 spiro atoms. The fourth-order valence-electron chi connectivity index (χ4n) is 1.36. The minimum Gasteiger partial charge on any atom is -0.466 e. The number of carbonyl (C=O) groups excluding carboxylic acids is 2. The van der Waals surface area contributed by atoms with E-state index in [4.69, 9.17) is 0 Å². The van der Waals surface area contributed by atoms with Gasteiger partial charge in [-0.2, -0.15) is 13.2 Å². The molecule has 1 amide bonds. The molecule has 0 fully saturated rings. The van der Waals surface area contributed by atoms with Gasteiger partial charge in [-0.3, -0.25) is 9.59 Å². The molecule has 0 aromatic heterocycles. The predicted octanol–water partition coefficient (Wildman–Crippen LogP) is 1.99. The van der Waals surface area contributed by atoms with Crippen LogP contribution < -0.4 is 0 Å². The van der Waals surface area contributed by atoms with Gasteiger partial charge in [-0.05, 0) is 12.8 Å². The van der Waals surface area contributed by atoms with Crippen LogP contribution in [0.3, 0.4) is 0 Å². The number of amides is 1. The number of alkyl halides is 3. The summed E-state index contributed by atoms with van der Waals surface area (Å²) in [6, 6.07) is 0. The van der Waals surface area contributed by atoms with Crippen LogP contribution in [0.25, 0.3) is 0 Å². The molecule has 4 nitrogen and oxygen atoms in total. The summed E-state index contributed by atoms with van der Waals surface area (Å²) in [6.07, 6.45) is -5.15. The Hall–Kier alpha value is -1.27. The highest BCUT2D eigenvalue weighted by Crippen LogP contribution is 2.19. The molecule has 0 saturated carbocycles. The van der Waals surface area contributed by atoms with Crippen molar-refractivity contribution in [2.24, 2.45) is 5.92 Å². The minimum atomic E-state index is -4.91. The van der Waals surface area contributed by atoms with Gasteiger partial charge in [0.25, 0.3) is 0 Å². The van der Waals surface area contributed by atoms with Crippen LogP contribution in [0, 0.1) is 5.92 Å². The van der Waals surface area contributed by atoms with E-state index in [2.05, 4.69) is 4.74 Å². The van der Waals surface area contributed by atoms with E-state index >= 15 is 0 Å². The van der Waals surface area contributed by atoms with Gasteiger partial charge in [0.05, 0.1) is 13.0 Å². The number of ether oxygens (including phenoxy) is 1. The van der Waals surface area contributed by atoms with E-state index in [0.717, 1.165) is 0 Å². The van der Waals surface area contributed by atoms with Crippen LogP contribution >= 0.6 is 0 Å². The molecule has 0 atom stereocenters. The number of hydrogen-bond acceptors (Lipinski definition) is 3. The van der Waals surface area contributed by atoms with Crippen LogP contribution in [0.1, 0.15) is 27.2 Å². The number of rotatable bonds is 6. The number of nitrogens with zero attached hydrogens (tertiary/aromatic N) is 1. The van der Waals surface area contributed by atoms with E-state index in [0.29, 0.717) is 4.90 Å². The number of hydrogen-bond donors (Lipinski definition) is 0. The third-order valence-corrected chi connectivity index (χ3v) is 2.01. The van der Waals surface area contributed by atoms with Gasteiger partial charge in [-0.25, -0.2) is 0 Å². The summed E-state index contributed by atoms with van der Waals surface area (Å²) in [6.45, 7) is 4.83. The molecule has 0 aromatic rings. The number of esters is 1. The average Bonchev–Trinajstić information content (AvgIpc) is 2.21. The Kier molecular flexibility index (Phi) is 6.72. The molecule has 18 heavy (non-hydrogen) atoms. The minimum absolute atomic E-state index is 0.0439. The summed E-state index contributed by atoms with van der Waals surface area (Å²) in [7, 11) is 0. The van der Waals surface area contributed by atoms with E-state index in [1.807, 2.05) is 0 Å². The Morgan fingerprint density at radius 3 is 2.22 bits per heavy atom. The largest absolute Gasteiger partial charge is 0.471 e. The third-order valence-electron chi connectivity index (χ3n) is 2.01. The molecule has 0 aromatic carbocycles. The maximum atomic E-state index is 12.3. The molecular formula is C11H18F3NO3. The maximum absolute atomic E-state index is 12.3. The fraction of sp³-hybridized carbons (Fsp3) is 0.818. The molecule has 0 aliphatic heterocycles. The topological polar surface area (TPSA) is 46.6 Å². The van der Waals surface area contributed by atoms with Gasteiger partial charge in [-0.1, -0.05) is 13.8 Å². The lowest BCUT2D eigenvalue weighted by Gasteiger charge is -2.25. The van der Waals surface area contributed by atoms with Crippen LogP contribution in [-0.2, 0) is 14.3 Å². The molecule has 0 bridgehead atoms. The zero-order chi connectivity index (χ0) is 14.3. The zero-order valence-electron chi connectivity index (χ0n) is 10.7. The lowest BCUT2D eigenvalue weighted by atomic mass is 10.2. The Morgan fingerprint density at radius 1 is 1.28 bits per heavy atom. The molecule has 0 N–H and O–H groups in total. The summed E-state index contributed by atoms with van der Waals surface area (Å²) in [5, 5.41) is 0. The van der Waals surface area contributed by atoms with Gasteiger partial charge in [0.1, 0.15) is 0 Å². The summed E-state index contributed by atoms with van der Waals surface area (Å²) in [4.78, 5) is 22.8. The first-order valence-corrected chi connectivity index (χ1v) is 5.70. The SMILES string of the molecule is CCOC(=O)CCN(CC(C)C)C(=O)C(F)(F)F. The lowest BCUT2D eigenvalue weighted by molar-refractivity contribution is -0.186. The van der Waals surface area contributed by atoms with E-state index in [-0.39, 0.29) is 32.0 Å². The van der Waals surface area contributed by atoms with Crippen LogP contribution in [0.2, 0.25) is 0 Å². The van der Waals surface area contributed by atoms with Crippen molar-refractivity contribution in [3.63, 3.8) is 0 Å². The summed E-state index contributed by atoms with van der Waals surface area (Å²) in [5.74, 6) is -2.64. The standard InChI is InChI=1S/C11H18F3NO3/c1-4-18-9(16)5-6-15(7-8(2)3)10(17)11(12,13)14/h8H,4-7H2,1-3H3. The molecule has 0 unspecified atom stereocenters. The Balaban J connectivity index is 4.50. The van der Waals surface area contributed by atoms with Gasteiger partial charge in [-0.15, -0.1) is 0 Å². The second kappa shape index (κ2) is 7.23. The predicted molar refractivity (Wildman–Crippen MR) is 58.7 cm³/mol. The Morgan fingerprint density at radius 2 is 1.83 bits per heavy atom. The van der Waals surface area contributed by atoms with E-state index in [9.17, 15) is 22.8 Å². The molecule has 106 valence electrons. The fourth-order valence-corrected chi connectivity index (χ4v) is 1.36. The van der Waals surface area contributed by atoms with Crippen LogP contribution in [-0.4, -0.2) is 42.6 Å². The van der Waals surface area contributed by atoms with E-state index < -0.39 is 18.1 Å². The van der Waals surface area contributed by atoms with Crippen molar-refractivity contribution in [2.45, 2.75) is 33.4 Å². The van der Waals surface area contributed by atoms with Crippen molar-refractivity contribution in [1.82, 2.24) is 4.90 Å².